The minimum absolute atomic E-state index is 0.0487. The van der Waals surface area contributed by atoms with Crippen molar-refractivity contribution >= 4 is 0 Å². The fourth-order valence-corrected chi connectivity index (χ4v) is 1.51. The maximum Gasteiger partial charge on any atom is 0.161 e. The molecule has 1 atom stereocenters. The Labute approximate surface area is 98.5 Å². The van der Waals surface area contributed by atoms with E-state index >= 15 is 0 Å². The van der Waals surface area contributed by atoms with Crippen LogP contribution in [0.15, 0.2) is 12.1 Å². The van der Waals surface area contributed by atoms with E-state index in [-0.39, 0.29) is 12.1 Å². The quantitative estimate of drug-likeness (QED) is 0.756. The van der Waals surface area contributed by atoms with Gasteiger partial charge in [-0.2, -0.15) is 0 Å². The molecule has 0 aliphatic carbocycles. The first kappa shape index (κ1) is 14.0. The largest absolute Gasteiger partial charge is 0.392 e. The Bertz CT molecular complexity index is 371. The number of rotatable bonds is 6. The van der Waals surface area contributed by atoms with Gasteiger partial charge in [-0.1, -0.05) is 13.3 Å². The van der Waals surface area contributed by atoms with Crippen LogP contribution in [0.1, 0.15) is 25.3 Å². The summed E-state index contributed by atoms with van der Waals surface area (Å²) in [6, 6.07) is 1.35. The molecule has 1 aromatic rings. The van der Waals surface area contributed by atoms with Gasteiger partial charge in [0.1, 0.15) is 5.82 Å². The highest BCUT2D eigenvalue weighted by atomic mass is 19.2. The molecule has 1 unspecified atom stereocenters. The molecule has 0 aromatic heterocycles. The Morgan fingerprint density at radius 1 is 1.18 bits per heavy atom. The molecule has 0 radical (unpaired) electrons. The summed E-state index contributed by atoms with van der Waals surface area (Å²) in [6.07, 6.45) is 0.990. The molecule has 0 fully saturated rings. The summed E-state index contributed by atoms with van der Waals surface area (Å²) in [6.45, 7) is 2.30. The average molecular weight is 247 g/mol. The van der Waals surface area contributed by atoms with Gasteiger partial charge >= 0.3 is 0 Å². The van der Waals surface area contributed by atoms with E-state index in [0.717, 1.165) is 12.5 Å². The molecule has 17 heavy (non-hydrogen) atoms. The number of aliphatic hydroxyl groups is 1. The molecule has 2 nitrogen and oxygen atoms in total. The van der Waals surface area contributed by atoms with Crippen molar-refractivity contribution in [1.82, 2.24) is 5.32 Å². The van der Waals surface area contributed by atoms with Crippen LogP contribution in [0.25, 0.3) is 0 Å². The molecule has 2 N–H and O–H groups in total. The van der Waals surface area contributed by atoms with Crippen molar-refractivity contribution in [1.29, 1.82) is 0 Å². The molecule has 0 heterocycles. The van der Waals surface area contributed by atoms with Crippen molar-refractivity contribution in [3.8, 4) is 0 Å². The third-order valence-corrected chi connectivity index (χ3v) is 2.41. The number of nitrogens with one attached hydrogen (secondary N) is 1. The fourth-order valence-electron chi connectivity index (χ4n) is 1.51. The van der Waals surface area contributed by atoms with Crippen molar-refractivity contribution in [3.05, 3.63) is 35.1 Å². The molecule has 0 bridgehead atoms. The highest BCUT2D eigenvalue weighted by Gasteiger charge is 2.10. The van der Waals surface area contributed by atoms with Crippen LogP contribution in [-0.4, -0.2) is 17.8 Å². The van der Waals surface area contributed by atoms with Crippen LogP contribution in [0.5, 0.6) is 0 Å². The summed E-state index contributed by atoms with van der Waals surface area (Å²) >= 11 is 0. The maximum atomic E-state index is 13.2. The molecule has 5 heteroatoms. The van der Waals surface area contributed by atoms with Crippen LogP contribution in [-0.2, 0) is 6.54 Å². The molecule has 0 saturated heterocycles. The second kappa shape index (κ2) is 6.61. The summed E-state index contributed by atoms with van der Waals surface area (Å²) in [5.74, 6) is -3.06. The number of aliphatic hydroxyl groups excluding tert-OH is 1. The molecule has 0 aliphatic heterocycles. The molecule has 0 amide bonds. The van der Waals surface area contributed by atoms with E-state index in [9.17, 15) is 18.3 Å². The van der Waals surface area contributed by atoms with E-state index in [1.807, 2.05) is 6.92 Å². The lowest BCUT2D eigenvalue weighted by Crippen LogP contribution is -2.26. The van der Waals surface area contributed by atoms with Gasteiger partial charge in [0.25, 0.3) is 0 Å². The predicted molar refractivity (Wildman–Crippen MR) is 58.9 cm³/mol. The fraction of sp³-hybridized carbons (Fsp3) is 0.500. The zero-order valence-electron chi connectivity index (χ0n) is 9.64. The normalized spacial score (nSPS) is 12.8. The van der Waals surface area contributed by atoms with E-state index < -0.39 is 23.6 Å². The van der Waals surface area contributed by atoms with Crippen LogP contribution in [0.2, 0.25) is 0 Å². The van der Waals surface area contributed by atoms with Crippen LogP contribution in [0, 0.1) is 17.5 Å². The molecule has 0 aliphatic rings. The maximum absolute atomic E-state index is 13.2. The van der Waals surface area contributed by atoms with Crippen molar-refractivity contribution in [3.63, 3.8) is 0 Å². The standard InChI is InChI=1S/C12H16F3NO/c1-2-3-9(17)7-16-6-8-4-11(14)12(15)5-10(8)13/h4-5,9,16-17H,2-3,6-7H2,1H3. The summed E-state index contributed by atoms with van der Waals surface area (Å²) in [5, 5.41) is 12.2. The van der Waals surface area contributed by atoms with Crippen molar-refractivity contribution in [2.75, 3.05) is 6.54 Å². The molecule has 0 spiro atoms. The summed E-state index contributed by atoms with van der Waals surface area (Å²) in [5.41, 5.74) is 0.0487. The van der Waals surface area contributed by atoms with Gasteiger partial charge in [0.2, 0.25) is 0 Å². The van der Waals surface area contributed by atoms with Gasteiger partial charge in [0, 0.05) is 24.7 Å². The van der Waals surface area contributed by atoms with Gasteiger partial charge in [-0.15, -0.1) is 0 Å². The van der Waals surface area contributed by atoms with Crippen molar-refractivity contribution < 1.29 is 18.3 Å². The van der Waals surface area contributed by atoms with E-state index in [1.54, 1.807) is 0 Å². The highest BCUT2D eigenvalue weighted by Crippen LogP contribution is 2.13. The minimum Gasteiger partial charge on any atom is -0.392 e. The minimum atomic E-state index is -1.20. The van der Waals surface area contributed by atoms with Gasteiger partial charge in [0.15, 0.2) is 11.6 Å². The van der Waals surface area contributed by atoms with Crippen LogP contribution < -0.4 is 5.32 Å². The number of hydrogen-bond acceptors (Lipinski definition) is 2. The Kier molecular flexibility index (Phi) is 5.44. The first-order chi connectivity index (χ1) is 8.04. The third kappa shape index (κ3) is 4.36. The zero-order chi connectivity index (χ0) is 12.8. The number of hydrogen-bond donors (Lipinski definition) is 2. The lowest BCUT2D eigenvalue weighted by Gasteiger charge is -2.11. The number of halogens is 3. The lowest BCUT2D eigenvalue weighted by atomic mass is 10.2. The topological polar surface area (TPSA) is 32.3 Å². The second-order valence-corrected chi connectivity index (χ2v) is 3.93. The van der Waals surface area contributed by atoms with E-state index in [2.05, 4.69) is 5.32 Å². The van der Waals surface area contributed by atoms with E-state index in [0.29, 0.717) is 19.0 Å². The van der Waals surface area contributed by atoms with Crippen LogP contribution in [0.4, 0.5) is 13.2 Å². The van der Waals surface area contributed by atoms with Crippen LogP contribution >= 0.6 is 0 Å². The van der Waals surface area contributed by atoms with Gasteiger partial charge in [0.05, 0.1) is 6.10 Å². The Morgan fingerprint density at radius 2 is 1.82 bits per heavy atom. The van der Waals surface area contributed by atoms with Crippen LogP contribution in [0.3, 0.4) is 0 Å². The molecular weight excluding hydrogens is 231 g/mol. The highest BCUT2D eigenvalue weighted by molar-refractivity contribution is 5.19. The SMILES string of the molecule is CCCC(O)CNCc1cc(F)c(F)cc1F. The number of benzene rings is 1. The average Bonchev–Trinajstić information content (AvgIpc) is 2.26. The predicted octanol–water partition coefficient (Wildman–Crippen LogP) is 2.35. The van der Waals surface area contributed by atoms with E-state index in [4.69, 9.17) is 0 Å². The smallest absolute Gasteiger partial charge is 0.161 e. The van der Waals surface area contributed by atoms with Crippen molar-refractivity contribution in [2.45, 2.75) is 32.4 Å². The molecule has 1 aromatic carbocycles. The summed E-state index contributed by atoms with van der Waals surface area (Å²) < 4.78 is 38.7. The first-order valence-corrected chi connectivity index (χ1v) is 5.56. The van der Waals surface area contributed by atoms with Gasteiger partial charge in [-0.05, 0) is 12.5 Å². The zero-order valence-corrected chi connectivity index (χ0v) is 9.64. The van der Waals surface area contributed by atoms with E-state index in [1.165, 1.54) is 0 Å². The van der Waals surface area contributed by atoms with Crippen molar-refractivity contribution in [2.24, 2.45) is 0 Å². The lowest BCUT2D eigenvalue weighted by molar-refractivity contribution is 0.160. The first-order valence-electron chi connectivity index (χ1n) is 5.56. The van der Waals surface area contributed by atoms with Gasteiger partial charge < -0.3 is 10.4 Å². The Morgan fingerprint density at radius 3 is 2.47 bits per heavy atom. The molecule has 96 valence electrons. The Balaban J connectivity index is 2.49. The Hall–Kier alpha value is -1.07. The van der Waals surface area contributed by atoms with Gasteiger partial charge in [-0.25, -0.2) is 13.2 Å². The monoisotopic (exact) mass is 247 g/mol. The summed E-state index contributed by atoms with van der Waals surface area (Å²) in [4.78, 5) is 0. The second-order valence-electron chi connectivity index (χ2n) is 3.93. The summed E-state index contributed by atoms with van der Waals surface area (Å²) in [7, 11) is 0. The molecule has 1 rings (SSSR count). The third-order valence-electron chi connectivity index (χ3n) is 2.41. The molecular formula is C12H16F3NO. The van der Waals surface area contributed by atoms with Gasteiger partial charge in [-0.3, -0.25) is 0 Å². The molecule has 0 saturated carbocycles.